The van der Waals surface area contributed by atoms with Crippen molar-refractivity contribution in [1.82, 2.24) is 10.2 Å². The summed E-state index contributed by atoms with van der Waals surface area (Å²) in [6, 6.07) is 8.04. The Kier molecular flexibility index (Phi) is 6.48. The largest absolute Gasteiger partial charge is 0.477 e. The van der Waals surface area contributed by atoms with E-state index in [4.69, 9.17) is 0 Å². The molecular formula is C19H22Br2N2O5SSi. The number of amides is 2. The van der Waals surface area contributed by atoms with Gasteiger partial charge in [-0.1, -0.05) is 81.8 Å². The molecule has 11 heteroatoms. The first-order valence-electron chi connectivity index (χ1n) is 9.24. The van der Waals surface area contributed by atoms with E-state index < -0.39 is 45.4 Å². The lowest BCUT2D eigenvalue weighted by Gasteiger charge is -2.55. The van der Waals surface area contributed by atoms with Crippen LogP contribution in [0.2, 0.25) is 19.6 Å². The van der Waals surface area contributed by atoms with E-state index in [1.165, 1.54) is 0 Å². The van der Waals surface area contributed by atoms with E-state index in [-0.39, 0.29) is 23.4 Å². The highest BCUT2D eigenvalue weighted by atomic mass is 79.9. The number of carbonyl (C=O) groups excluding carboxylic acids is 2. The van der Waals surface area contributed by atoms with Crippen LogP contribution in [0, 0.1) is 0 Å². The van der Waals surface area contributed by atoms with Crippen LogP contribution in [0.15, 0.2) is 41.6 Å². The number of benzene rings is 1. The number of rotatable bonds is 6. The first kappa shape index (κ1) is 23.4. The number of hydrogen-bond donors (Lipinski definition) is 2. The molecule has 30 heavy (non-hydrogen) atoms. The summed E-state index contributed by atoms with van der Waals surface area (Å²) in [4.78, 5) is 38.5. The van der Waals surface area contributed by atoms with Crippen molar-refractivity contribution in [2.45, 2.75) is 40.8 Å². The summed E-state index contributed by atoms with van der Waals surface area (Å²) in [5, 5.41) is 11.8. The molecule has 1 saturated heterocycles. The predicted molar refractivity (Wildman–Crippen MR) is 124 cm³/mol. The van der Waals surface area contributed by atoms with Crippen LogP contribution >= 0.6 is 31.9 Å². The van der Waals surface area contributed by atoms with E-state index in [2.05, 4.69) is 37.2 Å². The molecule has 0 aliphatic carbocycles. The van der Waals surface area contributed by atoms with Crippen molar-refractivity contribution in [2.75, 3.05) is 5.33 Å². The predicted octanol–water partition coefficient (Wildman–Crippen LogP) is 2.35. The fraction of sp³-hybridized carbons (Fsp3) is 0.421. The highest BCUT2D eigenvalue weighted by molar-refractivity contribution is 9.12. The summed E-state index contributed by atoms with van der Waals surface area (Å²) < 4.78 is 12.6. The first-order chi connectivity index (χ1) is 13.9. The normalized spacial score (nSPS) is 28.6. The van der Waals surface area contributed by atoms with Crippen molar-refractivity contribution in [3.63, 3.8) is 0 Å². The Balaban J connectivity index is 1.97. The lowest BCUT2D eigenvalue weighted by atomic mass is 10.0. The Bertz CT molecular complexity index is 965. The van der Waals surface area contributed by atoms with Crippen molar-refractivity contribution in [3.05, 3.63) is 47.2 Å². The summed E-state index contributed by atoms with van der Waals surface area (Å²) in [7, 11) is -3.96. The fourth-order valence-electron chi connectivity index (χ4n) is 3.78. The maximum atomic E-state index is 13.7. The monoisotopic (exact) mass is 576 g/mol. The number of halogens is 2. The molecule has 0 spiro atoms. The van der Waals surface area contributed by atoms with Crippen LogP contribution in [0.1, 0.15) is 5.56 Å². The Hall–Kier alpha value is -1.30. The Morgan fingerprint density at radius 2 is 1.87 bits per heavy atom. The summed E-state index contributed by atoms with van der Waals surface area (Å²) in [6.45, 7) is 5.96. The molecule has 162 valence electrons. The van der Waals surface area contributed by atoms with E-state index in [9.17, 15) is 23.7 Å². The number of carbonyl (C=O) groups is 3. The van der Waals surface area contributed by atoms with E-state index in [1.54, 1.807) is 12.1 Å². The van der Waals surface area contributed by atoms with Gasteiger partial charge in [0.25, 0.3) is 5.91 Å². The lowest BCUT2D eigenvalue weighted by molar-refractivity contribution is -0.151. The quantitative estimate of drug-likeness (QED) is 0.307. The molecule has 0 saturated carbocycles. The Morgan fingerprint density at radius 3 is 2.37 bits per heavy atom. The molecule has 2 N–H and O–H groups in total. The van der Waals surface area contributed by atoms with Crippen molar-refractivity contribution < 1.29 is 23.7 Å². The van der Waals surface area contributed by atoms with Crippen molar-refractivity contribution >= 4 is 68.5 Å². The molecule has 1 aromatic rings. The lowest BCUT2D eigenvalue weighted by Crippen LogP contribution is -2.77. The minimum atomic E-state index is -2.29. The molecule has 2 amide bonds. The van der Waals surface area contributed by atoms with E-state index in [0.29, 0.717) is 5.57 Å². The van der Waals surface area contributed by atoms with Crippen LogP contribution in [-0.4, -0.2) is 60.1 Å². The maximum absolute atomic E-state index is 13.7. The minimum Gasteiger partial charge on any atom is -0.477 e. The van der Waals surface area contributed by atoms with Crippen LogP contribution in [-0.2, 0) is 31.6 Å². The number of carboxylic acids is 1. The topological polar surface area (TPSA) is 104 Å². The van der Waals surface area contributed by atoms with Crippen molar-refractivity contribution in [3.8, 4) is 0 Å². The zero-order valence-electron chi connectivity index (χ0n) is 16.6. The highest BCUT2D eigenvalue weighted by Gasteiger charge is 2.66. The van der Waals surface area contributed by atoms with Crippen LogP contribution in [0.3, 0.4) is 0 Å². The second kappa shape index (κ2) is 8.32. The molecule has 2 aliphatic rings. The van der Waals surface area contributed by atoms with Gasteiger partial charge in [0.2, 0.25) is 5.91 Å². The molecule has 2 aliphatic heterocycles. The van der Waals surface area contributed by atoms with Gasteiger partial charge in [-0.25, -0.2) is 4.79 Å². The van der Waals surface area contributed by atoms with Gasteiger partial charge in [-0.15, -0.1) is 0 Å². The van der Waals surface area contributed by atoms with Gasteiger partial charge in [0.15, 0.2) is 0 Å². The second-order valence-corrected chi connectivity index (χ2v) is 18.5. The highest BCUT2D eigenvalue weighted by Crippen LogP contribution is 2.51. The average Bonchev–Trinajstić information content (AvgIpc) is 2.67. The summed E-state index contributed by atoms with van der Waals surface area (Å²) in [5.41, 5.74) is 1.02. The summed E-state index contributed by atoms with van der Waals surface area (Å²) in [6.07, 6.45) is 0.0751. The van der Waals surface area contributed by atoms with E-state index >= 15 is 0 Å². The van der Waals surface area contributed by atoms with Crippen LogP contribution in [0.5, 0.6) is 0 Å². The maximum Gasteiger partial charge on any atom is 0.352 e. The molecule has 3 rings (SSSR count). The van der Waals surface area contributed by atoms with Gasteiger partial charge in [-0.3, -0.25) is 18.7 Å². The summed E-state index contributed by atoms with van der Waals surface area (Å²) >= 11 is 6.97. The minimum absolute atomic E-state index is 0.0751. The van der Waals surface area contributed by atoms with Gasteiger partial charge in [0, 0.05) is 5.33 Å². The number of fused-ring (bicyclic) bond motifs is 1. The first-order valence-corrected chi connectivity index (χ1v) is 15.9. The number of β-lactam (4-membered cyclic amide) rings is 1. The van der Waals surface area contributed by atoms with Gasteiger partial charge in [-0.05, 0) is 11.1 Å². The van der Waals surface area contributed by atoms with Gasteiger partial charge in [0.05, 0.1) is 25.3 Å². The molecule has 0 bridgehead atoms. The number of hydrogen-bond acceptors (Lipinski definition) is 4. The van der Waals surface area contributed by atoms with Gasteiger partial charge in [0.1, 0.15) is 20.4 Å². The Labute approximate surface area is 195 Å². The van der Waals surface area contributed by atoms with Crippen LogP contribution in [0.4, 0.5) is 0 Å². The molecule has 1 aromatic carbocycles. The molecule has 7 nitrogen and oxygen atoms in total. The number of nitrogens with one attached hydrogen (secondary N) is 1. The van der Waals surface area contributed by atoms with Crippen molar-refractivity contribution in [2.24, 2.45) is 0 Å². The van der Waals surface area contributed by atoms with Gasteiger partial charge >= 0.3 is 5.97 Å². The molecule has 0 radical (unpaired) electrons. The average molecular weight is 578 g/mol. The molecule has 4 atom stereocenters. The number of carboxylic acid groups (broad SMARTS) is 1. The number of aliphatic carboxylic acids is 1. The third-order valence-electron chi connectivity index (χ3n) is 5.28. The third-order valence-corrected chi connectivity index (χ3v) is 17.2. The summed E-state index contributed by atoms with van der Waals surface area (Å²) in [5.74, 6) is -2.19. The number of nitrogens with zero attached hydrogens (tertiary/aromatic N) is 1. The zero-order chi connectivity index (χ0) is 22.4. The number of alkyl halides is 2. The molecule has 1 fully saturated rings. The fourth-order valence-corrected chi connectivity index (χ4v) is 11.7. The second-order valence-electron chi connectivity index (χ2n) is 8.21. The SMILES string of the molecule is C[Si](C)(C)C1(Br)C(CBr)=C(C(=O)O)N2C(=O)C(NC(=O)Cc3ccccc3)[C@H]2S1=O. The molecule has 3 unspecified atom stereocenters. The molecule has 2 heterocycles. The standard InChI is InChI=1S/C19H22Br2N2O5SSi/c1-30(2,3)19(21)12(10-20)15(18(26)27)23-16(25)14(17(23)29(19)28)22-13(24)9-11-7-5-4-6-8-11/h4-8,14,17H,9-10H2,1-3H3,(H,22,24)(H,26,27)/t14?,17-,19?,29?/m1/s1. The third kappa shape index (κ3) is 3.63. The smallest absolute Gasteiger partial charge is 0.352 e. The Morgan fingerprint density at radius 1 is 1.27 bits per heavy atom. The molecular weight excluding hydrogens is 556 g/mol. The van der Waals surface area contributed by atoms with Crippen LogP contribution < -0.4 is 5.32 Å². The van der Waals surface area contributed by atoms with Crippen molar-refractivity contribution in [1.29, 1.82) is 0 Å². The van der Waals surface area contributed by atoms with Gasteiger partial charge in [-0.2, -0.15) is 0 Å². The van der Waals surface area contributed by atoms with Gasteiger partial charge < -0.3 is 10.4 Å². The van der Waals surface area contributed by atoms with E-state index in [0.717, 1.165) is 10.5 Å². The van der Waals surface area contributed by atoms with Crippen LogP contribution in [0.25, 0.3) is 0 Å². The van der Waals surface area contributed by atoms with E-state index in [1.807, 2.05) is 37.8 Å². The zero-order valence-corrected chi connectivity index (χ0v) is 21.6. The molecule has 0 aromatic heterocycles.